The zero-order chi connectivity index (χ0) is 8.91. The number of rotatable bonds is 2. The van der Waals surface area contributed by atoms with Gasteiger partial charge in [-0.1, -0.05) is 33.1 Å². The highest BCUT2D eigenvalue weighted by molar-refractivity contribution is 8.32. The van der Waals surface area contributed by atoms with Crippen LogP contribution < -0.4 is 0 Å². The normalized spacial score (nSPS) is 12.5. The quantitative estimate of drug-likeness (QED) is 0.436. The summed E-state index contributed by atoms with van der Waals surface area (Å²) < 4.78 is 0. The van der Waals surface area contributed by atoms with Crippen molar-refractivity contribution >= 4 is 19.3 Å². The van der Waals surface area contributed by atoms with Crippen molar-refractivity contribution in [3.05, 3.63) is 13.2 Å². The van der Waals surface area contributed by atoms with E-state index in [0.717, 1.165) is 6.42 Å². The van der Waals surface area contributed by atoms with Gasteiger partial charge in [0.1, 0.15) is 0 Å². The molecule has 0 rings (SSSR count). The fourth-order valence-electron chi connectivity index (χ4n) is 0.785. The van der Waals surface area contributed by atoms with Crippen LogP contribution in [0.25, 0.3) is 0 Å². The molecule has 0 aromatic heterocycles. The second-order valence-electron chi connectivity index (χ2n) is 2.29. The second kappa shape index (κ2) is 4.16. The SMILES string of the molecule is C#CS(=C=C)(=C=C)C(C)CC. The van der Waals surface area contributed by atoms with Crippen molar-refractivity contribution in [1.29, 1.82) is 0 Å². The van der Waals surface area contributed by atoms with Crippen molar-refractivity contribution in [2.24, 2.45) is 0 Å². The fourth-order valence-corrected chi connectivity index (χ4v) is 2.36. The lowest BCUT2D eigenvalue weighted by Gasteiger charge is -2.12. The van der Waals surface area contributed by atoms with Crippen molar-refractivity contribution in [2.45, 2.75) is 25.5 Å². The Hall–Kier alpha value is -0.790. The van der Waals surface area contributed by atoms with E-state index in [4.69, 9.17) is 6.42 Å². The highest BCUT2D eigenvalue weighted by Gasteiger charge is 2.05. The van der Waals surface area contributed by atoms with Crippen molar-refractivity contribution in [1.82, 2.24) is 0 Å². The van der Waals surface area contributed by atoms with Gasteiger partial charge in [-0.3, -0.25) is 0 Å². The van der Waals surface area contributed by atoms with E-state index in [0.29, 0.717) is 5.25 Å². The van der Waals surface area contributed by atoms with Gasteiger partial charge in [0.25, 0.3) is 0 Å². The topological polar surface area (TPSA) is 0 Å². The first kappa shape index (κ1) is 10.2. The molecular weight excluding hydrogens is 152 g/mol. The molecule has 0 aromatic rings. The summed E-state index contributed by atoms with van der Waals surface area (Å²) in [6.07, 6.45) is 6.41. The minimum absolute atomic E-state index is 0.391. The van der Waals surface area contributed by atoms with Crippen LogP contribution in [-0.2, 0) is 0 Å². The van der Waals surface area contributed by atoms with Gasteiger partial charge in [0.2, 0.25) is 0 Å². The van der Waals surface area contributed by atoms with Gasteiger partial charge in [-0.05, 0) is 24.8 Å². The fraction of sp³-hybridized carbons (Fsp3) is 0.400. The standard InChI is InChI=1S/C10H14S/c1-6-10(5)11(7-2,8-3)9-4/h2,10H,3-4,6H2,1,5H3. The summed E-state index contributed by atoms with van der Waals surface area (Å²) in [5.74, 6) is 0. The van der Waals surface area contributed by atoms with Crippen LogP contribution in [0.15, 0.2) is 13.2 Å². The Balaban J connectivity index is 5.50. The van der Waals surface area contributed by atoms with Crippen LogP contribution in [0.1, 0.15) is 20.3 Å². The number of hydrogen-bond acceptors (Lipinski definition) is 0. The van der Waals surface area contributed by atoms with Crippen molar-refractivity contribution in [3.63, 3.8) is 0 Å². The molecule has 0 heterocycles. The first-order valence-corrected chi connectivity index (χ1v) is 5.23. The summed E-state index contributed by atoms with van der Waals surface area (Å²) in [5.41, 5.74) is 0. The average molecular weight is 166 g/mol. The number of terminal acetylenes is 1. The highest BCUT2D eigenvalue weighted by Crippen LogP contribution is 2.27. The molecule has 0 radical (unpaired) electrons. The third-order valence-electron chi connectivity index (χ3n) is 1.82. The van der Waals surface area contributed by atoms with E-state index in [1.807, 2.05) is 0 Å². The summed E-state index contributed by atoms with van der Waals surface area (Å²) >= 11 is 0. The zero-order valence-electron chi connectivity index (χ0n) is 7.18. The van der Waals surface area contributed by atoms with E-state index < -0.39 is 9.21 Å². The van der Waals surface area contributed by atoms with Crippen molar-refractivity contribution < 1.29 is 0 Å². The summed E-state index contributed by atoms with van der Waals surface area (Å²) in [5, 5.41) is 8.87. The highest BCUT2D eigenvalue weighted by atomic mass is 32.2. The molecule has 0 nitrogen and oxygen atoms in total. The Labute approximate surface area is 70.1 Å². The molecule has 1 heteroatoms. The molecule has 1 atom stereocenters. The average Bonchev–Trinajstić information content (AvgIpc) is 2.08. The minimum atomic E-state index is -1.43. The van der Waals surface area contributed by atoms with Crippen LogP contribution in [-0.4, -0.2) is 15.3 Å². The molecule has 60 valence electrons. The third kappa shape index (κ3) is 1.82. The van der Waals surface area contributed by atoms with Crippen LogP contribution in [0.2, 0.25) is 0 Å². The zero-order valence-corrected chi connectivity index (χ0v) is 8.00. The van der Waals surface area contributed by atoms with E-state index in [-0.39, 0.29) is 0 Å². The maximum Gasteiger partial charge on any atom is 0.0161 e. The van der Waals surface area contributed by atoms with Crippen LogP contribution in [0.3, 0.4) is 0 Å². The van der Waals surface area contributed by atoms with E-state index >= 15 is 0 Å². The van der Waals surface area contributed by atoms with Crippen molar-refractivity contribution in [3.8, 4) is 11.7 Å². The predicted octanol–water partition coefficient (Wildman–Crippen LogP) is 2.35. The van der Waals surface area contributed by atoms with Gasteiger partial charge < -0.3 is 0 Å². The second-order valence-corrected chi connectivity index (χ2v) is 5.22. The largest absolute Gasteiger partial charge is 0.108 e. The molecule has 11 heavy (non-hydrogen) atoms. The smallest absolute Gasteiger partial charge is 0.0161 e. The minimum Gasteiger partial charge on any atom is -0.108 e. The molecule has 0 amide bonds. The van der Waals surface area contributed by atoms with Gasteiger partial charge in [0.05, 0.1) is 0 Å². The lowest BCUT2D eigenvalue weighted by Crippen LogP contribution is -1.99. The van der Waals surface area contributed by atoms with Gasteiger partial charge in [0, 0.05) is 5.25 Å². The van der Waals surface area contributed by atoms with Crippen molar-refractivity contribution in [2.75, 3.05) is 0 Å². The molecule has 0 aliphatic heterocycles. The molecule has 0 spiro atoms. The van der Waals surface area contributed by atoms with E-state index in [1.54, 1.807) is 0 Å². The Morgan fingerprint density at radius 2 is 1.91 bits per heavy atom. The summed E-state index contributed by atoms with van der Waals surface area (Å²) in [6.45, 7) is 11.4. The molecule has 0 fully saturated rings. The first-order chi connectivity index (χ1) is 5.16. The monoisotopic (exact) mass is 166 g/mol. The van der Waals surface area contributed by atoms with E-state index in [2.05, 4.69) is 42.3 Å². The molecule has 0 saturated heterocycles. The maximum atomic E-state index is 5.39. The molecule has 0 N–H and O–H groups in total. The Morgan fingerprint density at radius 3 is 2.00 bits per heavy atom. The Morgan fingerprint density at radius 1 is 1.45 bits per heavy atom. The molecule has 0 aliphatic rings. The predicted molar refractivity (Wildman–Crippen MR) is 57.4 cm³/mol. The van der Waals surface area contributed by atoms with Gasteiger partial charge in [-0.2, -0.15) is 0 Å². The van der Waals surface area contributed by atoms with E-state index in [1.165, 1.54) is 0 Å². The molecular formula is C10H14S. The third-order valence-corrected chi connectivity index (χ3v) is 4.64. The summed E-state index contributed by atoms with van der Waals surface area (Å²) in [6, 6.07) is 0. The van der Waals surface area contributed by atoms with Crippen LogP contribution in [0.4, 0.5) is 0 Å². The number of hydrogen-bond donors (Lipinski definition) is 0. The van der Waals surface area contributed by atoms with Gasteiger partial charge in [-0.15, -0.1) is 6.42 Å². The molecule has 0 aromatic carbocycles. The Kier molecular flexibility index (Phi) is 3.86. The van der Waals surface area contributed by atoms with Crippen LogP contribution >= 0.6 is 9.21 Å². The summed E-state index contributed by atoms with van der Waals surface area (Å²) in [4.78, 5) is 0. The van der Waals surface area contributed by atoms with Crippen LogP contribution in [0.5, 0.6) is 0 Å². The molecule has 1 unspecified atom stereocenters. The molecule has 0 aliphatic carbocycles. The first-order valence-electron chi connectivity index (χ1n) is 3.54. The lowest BCUT2D eigenvalue weighted by atomic mass is 10.4. The van der Waals surface area contributed by atoms with Gasteiger partial charge in [-0.25, -0.2) is 0 Å². The molecule has 0 saturated carbocycles. The maximum absolute atomic E-state index is 5.39. The van der Waals surface area contributed by atoms with E-state index in [9.17, 15) is 0 Å². The van der Waals surface area contributed by atoms with Gasteiger partial charge in [0.15, 0.2) is 0 Å². The summed E-state index contributed by atoms with van der Waals surface area (Å²) in [7, 11) is -1.43. The van der Waals surface area contributed by atoms with Gasteiger partial charge >= 0.3 is 0 Å². The Bertz CT molecular complexity index is 302. The lowest BCUT2D eigenvalue weighted by molar-refractivity contribution is 0.908. The molecule has 0 bridgehead atoms. The van der Waals surface area contributed by atoms with Crippen LogP contribution in [0, 0.1) is 11.7 Å².